The van der Waals surface area contributed by atoms with E-state index in [0.717, 1.165) is 43.4 Å². The number of phenolic OH excluding ortho intramolecular Hbond substituents is 2. The SMILES string of the molecule is CN=C(N)Nc1cc(C[C@H](C=CC(=O)CCc2ccc(O)c(OC)c2)[C@H](C)CCC[C@H](C)CCNC)cc(OCCNC)c1O. The average molecular weight is 626 g/mol. The molecule has 0 fully saturated rings. The summed E-state index contributed by atoms with van der Waals surface area (Å²) < 4.78 is 11.1. The number of anilines is 1. The van der Waals surface area contributed by atoms with Gasteiger partial charge < -0.3 is 41.4 Å². The van der Waals surface area contributed by atoms with Crippen molar-refractivity contribution in [3.05, 3.63) is 53.6 Å². The Labute approximate surface area is 269 Å². The summed E-state index contributed by atoms with van der Waals surface area (Å²) in [6.07, 6.45) is 9.74. The smallest absolute Gasteiger partial charge is 0.192 e. The lowest BCUT2D eigenvalue weighted by molar-refractivity contribution is -0.114. The number of nitrogens with zero attached hydrogens (tertiary/aromatic N) is 1. The van der Waals surface area contributed by atoms with Crippen LogP contribution in [0.4, 0.5) is 5.69 Å². The summed E-state index contributed by atoms with van der Waals surface area (Å²) in [6, 6.07) is 8.88. The third-order valence-corrected chi connectivity index (χ3v) is 8.13. The van der Waals surface area contributed by atoms with Crippen molar-refractivity contribution >= 4 is 17.4 Å². The van der Waals surface area contributed by atoms with E-state index in [2.05, 4.69) is 34.8 Å². The van der Waals surface area contributed by atoms with Crippen LogP contribution in [0.3, 0.4) is 0 Å². The van der Waals surface area contributed by atoms with E-state index in [4.69, 9.17) is 15.2 Å². The van der Waals surface area contributed by atoms with Crippen LogP contribution in [0.2, 0.25) is 0 Å². The molecule has 0 aliphatic rings. The summed E-state index contributed by atoms with van der Waals surface area (Å²) in [5, 5.41) is 30.0. The number of hydrogen-bond donors (Lipinski definition) is 6. The van der Waals surface area contributed by atoms with Crippen molar-refractivity contribution < 1.29 is 24.5 Å². The van der Waals surface area contributed by atoms with Crippen molar-refractivity contribution in [2.24, 2.45) is 28.5 Å². The Morgan fingerprint density at radius 1 is 1.02 bits per heavy atom. The van der Waals surface area contributed by atoms with Crippen LogP contribution < -0.4 is 31.2 Å². The van der Waals surface area contributed by atoms with Gasteiger partial charge in [0.1, 0.15) is 6.61 Å². The number of nitrogens with one attached hydrogen (secondary N) is 3. The molecule has 0 saturated heterocycles. The molecular formula is C35H55N5O5. The summed E-state index contributed by atoms with van der Waals surface area (Å²) in [5.74, 6) is 2.06. The fraction of sp³-hybridized carbons (Fsp3) is 0.543. The summed E-state index contributed by atoms with van der Waals surface area (Å²) in [7, 11) is 6.91. The number of ketones is 1. The van der Waals surface area contributed by atoms with Gasteiger partial charge in [0.15, 0.2) is 34.7 Å². The number of phenols is 2. The Morgan fingerprint density at radius 3 is 2.44 bits per heavy atom. The predicted molar refractivity (Wildman–Crippen MR) is 184 cm³/mol. The number of aromatic hydroxyl groups is 2. The molecule has 0 bridgehead atoms. The first-order valence-electron chi connectivity index (χ1n) is 16.0. The molecule has 2 rings (SSSR count). The maximum atomic E-state index is 13.0. The summed E-state index contributed by atoms with van der Waals surface area (Å²) in [5.41, 5.74) is 8.23. The van der Waals surface area contributed by atoms with Gasteiger partial charge >= 0.3 is 0 Å². The van der Waals surface area contributed by atoms with Crippen LogP contribution in [0.1, 0.15) is 57.1 Å². The third-order valence-electron chi connectivity index (χ3n) is 8.13. The predicted octanol–water partition coefficient (Wildman–Crippen LogP) is 5.03. The molecule has 0 aliphatic heterocycles. The van der Waals surface area contributed by atoms with Crippen molar-refractivity contribution in [1.29, 1.82) is 0 Å². The van der Waals surface area contributed by atoms with E-state index in [1.54, 1.807) is 31.3 Å². The van der Waals surface area contributed by atoms with Crippen LogP contribution in [0.25, 0.3) is 0 Å². The highest BCUT2D eigenvalue weighted by molar-refractivity contribution is 5.94. The number of methoxy groups -OCH3 is 1. The van der Waals surface area contributed by atoms with Gasteiger partial charge in [0, 0.05) is 20.0 Å². The first-order valence-corrected chi connectivity index (χ1v) is 16.0. The number of carbonyl (C=O) groups excluding carboxylic acids is 1. The zero-order chi connectivity index (χ0) is 33.2. The summed E-state index contributed by atoms with van der Waals surface area (Å²) in [6.45, 7) is 6.57. The Hall–Kier alpha value is -3.76. The van der Waals surface area contributed by atoms with Crippen molar-refractivity contribution in [3.63, 3.8) is 0 Å². The van der Waals surface area contributed by atoms with E-state index < -0.39 is 0 Å². The number of aliphatic imine (C=N–C) groups is 1. The Balaban J connectivity index is 2.27. The minimum absolute atomic E-state index is 0.0295. The molecular weight excluding hydrogens is 570 g/mol. The molecule has 10 heteroatoms. The van der Waals surface area contributed by atoms with E-state index in [9.17, 15) is 15.0 Å². The van der Waals surface area contributed by atoms with Crippen LogP contribution in [0.15, 0.2) is 47.5 Å². The first kappa shape index (κ1) is 37.4. The van der Waals surface area contributed by atoms with Crippen molar-refractivity contribution in [1.82, 2.24) is 10.6 Å². The second-order valence-electron chi connectivity index (χ2n) is 11.8. The molecule has 2 aromatic rings. The summed E-state index contributed by atoms with van der Waals surface area (Å²) in [4.78, 5) is 17.0. The number of nitrogens with two attached hydrogens (primary N) is 1. The van der Waals surface area contributed by atoms with Gasteiger partial charge in [-0.05, 0) is 99.1 Å². The normalized spacial score (nSPS) is 13.9. The van der Waals surface area contributed by atoms with E-state index in [1.165, 1.54) is 7.11 Å². The first-order chi connectivity index (χ1) is 21.6. The van der Waals surface area contributed by atoms with Gasteiger partial charge in [0.25, 0.3) is 0 Å². The van der Waals surface area contributed by atoms with Crippen LogP contribution >= 0.6 is 0 Å². The molecule has 250 valence electrons. The lowest BCUT2D eigenvalue weighted by atomic mass is 9.83. The van der Waals surface area contributed by atoms with Crippen molar-refractivity contribution in [2.75, 3.05) is 53.3 Å². The topological polar surface area (TPSA) is 150 Å². The molecule has 0 heterocycles. The van der Waals surface area contributed by atoms with E-state index in [0.29, 0.717) is 61.4 Å². The lowest BCUT2D eigenvalue weighted by Gasteiger charge is -2.23. The highest BCUT2D eigenvalue weighted by atomic mass is 16.5. The highest BCUT2D eigenvalue weighted by Crippen LogP contribution is 2.37. The maximum absolute atomic E-state index is 13.0. The average Bonchev–Trinajstić information content (AvgIpc) is 3.03. The van der Waals surface area contributed by atoms with E-state index in [1.807, 2.05) is 32.3 Å². The number of allylic oxidation sites excluding steroid dienone is 2. The zero-order valence-electron chi connectivity index (χ0n) is 28.0. The molecule has 3 atom stereocenters. The number of likely N-dealkylation sites (N-methyl/N-ethyl adjacent to an activating group) is 1. The van der Waals surface area contributed by atoms with Gasteiger partial charge in [-0.25, -0.2) is 0 Å². The Morgan fingerprint density at radius 2 is 1.76 bits per heavy atom. The van der Waals surface area contributed by atoms with Crippen molar-refractivity contribution in [3.8, 4) is 23.0 Å². The van der Waals surface area contributed by atoms with Gasteiger partial charge in [-0.15, -0.1) is 0 Å². The minimum atomic E-state index is -0.0295. The molecule has 0 unspecified atom stereocenters. The molecule has 0 spiro atoms. The maximum Gasteiger partial charge on any atom is 0.192 e. The molecule has 0 aliphatic carbocycles. The van der Waals surface area contributed by atoms with Gasteiger partial charge in [-0.1, -0.05) is 45.3 Å². The van der Waals surface area contributed by atoms with Gasteiger partial charge in [0.2, 0.25) is 0 Å². The van der Waals surface area contributed by atoms with E-state index in [-0.39, 0.29) is 29.2 Å². The molecule has 10 nitrogen and oxygen atoms in total. The molecule has 0 saturated carbocycles. The second-order valence-corrected chi connectivity index (χ2v) is 11.8. The number of carbonyl (C=O) groups is 1. The standard InChI is InChI=1S/C35H55N5O5/c1-24(16-17-37-3)8-7-9-25(2)28(12-14-29(41)13-10-26-11-15-31(42)32(22-26)44-6)20-27-21-30(40-35(36)39-5)34(43)33(23-27)45-19-18-38-4/h11-12,14-15,21-25,28,37-38,42-43H,7-10,13,16-20H2,1-6H3,(H3,36,39,40)/t24-,25+,28-/m0/s1. The Bertz CT molecular complexity index is 1250. The molecule has 45 heavy (non-hydrogen) atoms. The van der Waals surface area contributed by atoms with Gasteiger partial charge in [-0.2, -0.15) is 0 Å². The number of benzene rings is 2. The minimum Gasteiger partial charge on any atom is -0.504 e. The van der Waals surface area contributed by atoms with Crippen LogP contribution in [-0.2, 0) is 17.6 Å². The number of aryl methyl sites for hydroxylation is 1. The fourth-order valence-corrected chi connectivity index (χ4v) is 5.17. The highest BCUT2D eigenvalue weighted by Gasteiger charge is 2.20. The summed E-state index contributed by atoms with van der Waals surface area (Å²) >= 11 is 0. The van der Waals surface area contributed by atoms with Crippen LogP contribution in [0.5, 0.6) is 23.0 Å². The molecule has 0 aromatic heterocycles. The third kappa shape index (κ3) is 13.4. The second kappa shape index (κ2) is 20.3. The van der Waals surface area contributed by atoms with Crippen molar-refractivity contribution in [2.45, 2.75) is 58.8 Å². The number of ether oxygens (including phenoxy) is 2. The largest absolute Gasteiger partial charge is 0.504 e. The quantitative estimate of drug-likeness (QED) is 0.0369. The molecule has 0 radical (unpaired) electrons. The zero-order valence-corrected chi connectivity index (χ0v) is 28.0. The molecule has 7 N–H and O–H groups in total. The molecule has 2 aromatic carbocycles. The van der Waals surface area contributed by atoms with Crippen LogP contribution in [-0.4, -0.2) is 69.9 Å². The van der Waals surface area contributed by atoms with Gasteiger partial charge in [0.05, 0.1) is 12.8 Å². The molecule has 0 amide bonds. The fourth-order valence-electron chi connectivity index (χ4n) is 5.17. The van der Waals surface area contributed by atoms with E-state index >= 15 is 0 Å². The Kier molecular flexibility index (Phi) is 16.9. The van der Waals surface area contributed by atoms with Crippen LogP contribution in [0, 0.1) is 17.8 Å². The number of hydrogen-bond acceptors (Lipinski definition) is 8. The monoisotopic (exact) mass is 625 g/mol. The number of rotatable bonds is 21. The lowest BCUT2D eigenvalue weighted by Crippen LogP contribution is -2.22. The number of guanidine groups is 1. The van der Waals surface area contributed by atoms with Gasteiger partial charge in [-0.3, -0.25) is 9.79 Å².